The van der Waals surface area contributed by atoms with Gasteiger partial charge in [-0.05, 0) is 42.5 Å². The Morgan fingerprint density at radius 1 is 1.15 bits per heavy atom. The highest BCUT2D eigenvalue weighted by molar-refractivity contribution is 6.30. The normalized spacial score (nSPS) is 17.5. The molecule has 1 heterocycles. The first-order valence-electron chi connectivity index (χ1n) is 7.78. The largest absolute Gasteiger partial charge is 0.416 e. The highest BCUT2D eigenvalue weighted by Crippen LogP contribution is 2.33. The molecule has 1 saturated heterocycles. The Bertz CT molecular complexity index is 837. The van der Waals surface area contributed by atoms with E-state index in [4.69, 9.17) is 11.6 Å². The van der Waals surface area contributed by atoms with Crippen LogP contribution in [0, 0.1) is 5.92 Å². The molecule has 0 saturated carbocycles. The topological polar surface area (TPSA) is 49.4 Å². The smallest absolute Gasteiger partial charge is 0.326 e. The minimum Gasteiger partial charge on any atom is -0.326 e. The van der Waals surface area contributed by atoms with E-state index in [2.05, 4.69) is 5.32 Å². The van der Waals surface area contributed by atoms with E-state index in [0.29, 0.717) is 10.7 Å². The number of carbonyl (C=O) groups excluding carboxylic acids is 2. The van der Waals surface area contributed by atoms with E-state index in [1.807, 2.05) is 0 Å². The zero-order valence-corrected chi connectivity index (χ0v) is 14.1. The zero-order valence-electron chi connectivity index (χ0n) is 13.4. The van der Waals surface area contributed by atoms with Crippen LogP contribution in [0.1, 0.15) is 12.0 Å². The monoisotopic (exact) mass is 382 g/mol. The lowest BCUT2D eigenvalue weighted by Crippen LogP contribution is -2.28. The van der Waals surface area contributed by atoms with Crippen LogP contribution < -0.4 is 10.2 Å². The number of anilines is 2. The molecule has 0 aromatic heterocycles. The van der Waals surface area contributed by atoms with E-state index in [1.54, 1.807) is 24.3 Å². The van der Waals surface area contributed by atoms with Gasteiger partial charge >= 0.3 is 6.18 Å². The van der Waals surface area contributed by atoms with Crippen LogP contribution in [-0.2, 0) is 15.8 Å². The number of hydrogen-bond donors (Lipinski definition) is 1. The standard InChI is InChI=1S/C18H14ClF3N2O2/c19-13-4-6-14(7-5-13)23-17(26)11-8-16(25)24(10-11)15-3-1-2-12(9-15)18(20,21)22/h1-7,9,11H,8,10H2,(H,23,26)/t11-/m0/s1. The fourth-order valence-corrected chi connectivity index (χ4v) is 2.89. The Hall–Kier alpha value is -2.54. The van der Waals surface area contributed by atoms with Crippen LogP contribution in [0.5, 0.6) is 0 Å². The van der Waals surface area contributed by atoms with Gasteiger partial charge in [0.25, 0.3) is 0 Å². The van der Waals surface area contributed by atoms with Gasteiger partial charge in [-0.3, -0.25) is 9.59 Å². The minimum absolute atomic E-state index is 0.0273. The van der Waals surface area contributed by atoms with Crippen molar-refractivity contribution < 1.29 is 22.8 Å². The maximum atomic E-state index is 12.9. The van der Waals surface area contributed by atoms with Crippen LogP contribution in [0.3, 0.4) is 0 Å². The Balaban J connectivity index is 1.72. The lowest BCUT2D eigenvalue weighted by molar-refractivity contribution is -0.137. The van der Waals surface area contributed by atoms with Crippen LogP contribution in [0.15, 0.2) is 48.5 Å². The first kappa shape index (κ1) is 18.3. The van der Waals surface area contributed by atoms with E-state index in [9.17, 15) is 22.8 Å². The second kappa shape index (κ2) is 6.99. The predicted octanol–water partition coefficient (Wildman–Crippen LogP) is 4.35. The maximum Gasteiger partial charge on any atom is 0.416 e. The molecule has 136 valence electrons. The van der Waals surface area contributed by atoms with Gasteiger partial charge in [0.1, 0.15) is 0 Å². The van der Waals surface area contributed by atoms with Crippen LogP contribution in [0.4, 0.5) is 24.5 Å². The fourth-order valence-electron chi connectivity index (χ4n) is 2.76. The lowest BCUT2D eigenvalue weighted by Gasteiger charge is -2.18. The molecule has 0 spiro atoms. The SMILES string of the molecule is O=C(Nc1ccc(Cl)cc1)[C@H]1CC(=O)N(c2cccc(C(F)(F)F)c2)C1. The maximum absolute atomic E-state index is 12.9. The second-order valence-corrected chi connectivity index (χ2v) is 6.39. The van der Waals surface area contributed by atoms with Crippen molar-refractivity contribution in [3.63, 3.8) is 0 Å². The Morgan fingerprint density at radius 2 is 1.85 bits per heavy atom. The Labute approximate surface area is 152 Å². The molecule has 1 atom stereocenters. The number of hydrogen-bond acceptors (Lipinski definition) is 2. The van der Waals surface area contributed by atoms with Gasteiger partial charge in [-0.25, -0.2) is 0 Å². The van der Waals surface area contributed by atoms with Gasteiger partial charge in [-0.1, -0.05) is 17.7 Å². The first-order chi connectivity index (χ1) is 12.2. The number of benzene rings is 2. The molecule has 2 aromatic rings. The van der Waals surface area contributed by atoms with Gasteiger partial charge in [-0.2, -0.15) is 13.2 Å². The number of nitrogens with zero attached hydrogens (tertiary/aromatic N) is 1. The van der Waals surface area contributed by atoms with Crippen LogP contribution in [0.25, 0.3) is 0 Å². The molecule has 4 nitrogen and oxygen atoms in total. The summed E-state index contributed by atoms with van der Waals surface area (Å²) in [5.74, 6) is -1.40. The van der Waals surface area contributed by atoms with Crippen molar-refractivity contribution in [3.05, 3.63) is 59.1 Å². The van der Waals surface area contributed by atoms with Crippen LogP contribution >= 0.6 is 11.6 Å². The van der Waals surface area contributed by atoms with E-state index < -0.39 is 17.7 Å². The van der Waals surface area contributed by atoms with Gasteiger partial charge in [0.15, 0.2) is 0 Å². The van der Waals surface area contributed by atoms with Crippen molar-refractivity contribution in [1.82, 2.24) is 0 Å². The summed E-state index contributed by atoms with van der Waals surface area (Å²) in [5.41, 5.74) is -0.173. The molecule has 2 aromatic carbocycles. The lowest BCUT2D eigenvalue weighted by atomic mass is 10.1. The fraction of sp³-hybridized carbons (Fsp3) is 0.222. The summed E-state index contributed by atoms with van der Waals surface area (Å²) >= 11 is 5.78. The molecular weight excluding hydrogens is 369 g/mol. The van der Waals surface area contributed by atoms with Crippen molar-refractivity contribution in [2.45, 2.75) is 12.6 Å². The number of carbonyl (C=O) groups is 2. The highest BCUT2D eigenvalue weighted by Gasteiger charge is 2.36. The molecule has 0 aliphatic carbocycles. The summed E-state index contributed by atoms with van der Waals surface area (Å²) in [6, 6.07) is 11.0. The molecule has 3 rings (SSSR count). The summed E-state index contributed by atoms with van der Waals surface area (Å²) in [4.78, 5) is 25.7. The summed E-state index contributed by atoms with van der Waals surface area (Å²) in [6.45, 7) is 0.0273. The van der Waals surface area contributed by atoms with Gasteiger partial charge < -0.3 is 10.2 Å². The molecule has 26 heavy (non-hydrogen) atoms. The van der Waals surface area contributed by atoms with Crippen molar-refractivity contribution in [1.29, 1.82) is 0 Å². The number of alkyl halides is 3. The van der Waals surface area contributed by atoms with E-state index >= 15 is 0 Å². The number of halogens is 4. The van der Waals surface area contributed by atoms with Crippen molar-refractivity contribution in [2.75, 3.05) is 16.8 Å². The van der Waals surface area contributed by atoms with Gasteiger partial charge in [0.2, 0.25) is 11.8 Å². The molecule has 1 N–H and O–H groups in total. The number of rotatable bonds is 3. The summed E-state index contributed by atoms with van der Waals surface area (Å²) in [6.07, 6.45) is -4.56. The average molecular weight is 383 g/mol. The predicted molar refractivity (Wildman–Crippen MR) is 92.0 cm³/mol. The van der Waals surface area contributed by atoms with E-state index in [0.717, 1.165) is 12.1 Å². The Morgan fingerprint density at radius 3 is 2.50 bits per heavy atom. The molecule has 1 fully saturated rings. The van der Waals surface area contributed by atoms with Gasteiger partial charge in [0.05, 0.1) is 11.5 Å². The summed E-state index contributed by atoms with van der Waals surface area (Å²) in [5, 5.41) is 3.21. The summed E-state index contributed by atoms with van der Waals surface area (Å²) in [7, 11) is 0. The summed E-state index contributed by atoms with van der Waals surface area (Å²) < 4.78 is 38.6. The molecule has 8 heteroatoms. The van der Waals surface area contributed by atoms with E-state index in [-0.39, 0.29) is 30.5 Å². The van der Waals surface area contributed by atoms with Crippen molar-refractivity contribution in [2.24, 2.45) is 5.92 Å². The molecule has 1 aliphatic heterocycles. The van der Waals surface area contributed by atoms with Crippen molar-refractivity contribution >= 4 is 34.8 Å². The van der Waals surface area contributed by atoms with E-state index in [1.165, 1.54) is 17.0 Å². The third kappa shape index (κ3) is 3.99. The third-order valence-electron chi connectivity index (χ3n) is 4.09. The third-order valence-corrected chi connectivity index (χ3v) is 4.34. The van der Waals surface area contributed by atoms with Crippen LogP contribution in [0.2, 0.25) is 5.02 Å². The van der Waals surface area contributed by atoms with Crippen molar-refractivity contribution in [3.8, 4) is 0 Å². The van der Waals surface area contributed by atoms with Gasteiger partial charge in [-0.15, -0.1) is 0 Å². The Kier molecular flexibility index (Phi) is 4.91. The van der Waals surface area contributed by atoms with Crippen LogP contribution in [-0.4, -0.2) is 18.4 Å². The first-order valence-corrected chi connectivity index (χ1v) is 8.16. The molecule has 0 unspecified atom stereocenters. The average Bonchev–Trinajstić information content (AvgIpc) is 2.98. The highest BCUT2D eigenvalue weighted by atomic mass is 35.5. The minimum atomic E-state index is -4.50. The molecule has 1 aliphatic rings. The number of nitrogens with one attached hydrogen (secondary N) is 1. The molecule has 0 bridgehead atoms. The molecule has 0 radical (unpaired) electrons. The molecule has 2 amide bonds. The second-order valence-electron chi connectivity index (χ2n) is 5.95. The zero-order chi connectivity index (χ0) is 18.9. The van der Waals surface area contributed by atoms with Gasteiger partial charge in [0, 0.05) is 29.4 Å². The molecular formula is C18H14ClF3N2O2. The quantitative estimate of drug-likeness (QED) is 0.858. The number of amides is 2.